The van der Waals surface area contributed by atoms with Crippen LogP contribution in [0, 0.1) is 0 Å². The van der Waals surface area contributed by atoms with E-state index in [1.807, 2.05) is 0 Å². The number of likely N-dealkylation sites (tertiary alicyclic amines) is 1. The van der Waals surface area contributed by atoms with Crippen molar-refractivity contribution in [3.05, 3.63) is 0 Å². The van der Waals surface area contributed by atoms with E-state index in [4.69, 9.17) is 15.5 Å². The number of nitrogens with zero attached hydrogens (tertiary/aromatic N) is 3. The second kappa shape index (κ2) is 8.94. The van der Waals surface area contributed by atoms with Crippen LogP contribution in [0.1, 0.15) is 25.7 Å². The molecular weight excluding hydrogens is 411 g/mol. The van der Waals surface area contributed by atoms with Crippen molar-refractivity contribution in [3.8, 4) is 0 Å². The van der Waals surface area contributed by atoms with Gasteiger partial charge in [-0.1, -0.05) is 0 Å². The summed E-state index contributed by atoms with van der Waals surface area (Å²) in [7, 11) is 0. The molecule has 3 fully saturated rings. The van der Waals surface area contributed by atoms with Gasteiger partial charge >= 0.3 is 0 Å². The van der Waals surface area contributed by atoms with Gasteiger partial charge in [-0.15, -0.1) is 24.0 Å². The summed E-state index contributed by atoms with van der Waals surface area (Å²) in [6.45, 7) is 6.81. The van der Waals surface area contributed by atoms with Crippen LogP contribution in [-0.2, 0) is 4.74 Å². The van der Waals surface area contributed by atoms with Crippen molar-refractivity contribution in [2.45, 2.75) is 31.2 Å². The van der Waals surface area contributed by atoms with E-state index in [0.29, 0.717) is 0 Å². The van der Waals surface area contributed by atoms with Gasteiger partial charge in [0.15, 0.2) is 5.96 Å². The van der Waals surface area contributed by atoms with Gasteiger partial charge in [-0.3, -0.25) is 9.89 Å². The number of hydrogen-bond donors (Lipinski definition) is 1. The number of thioether (sulfide) groups is 1. The van der Waals surface area contributed by atoms with Gasteiger partial charge in [-0.25, -0.2) is 0 Å². The van der Waals surface area contributed by atoms with Gasteiger partial charge in [0.05, 0.1) is 25.3 Å². The number of piperidine rings is 1. The van der Waals surface area contributed by atoms with Crippen LogP contribution in [0.15, 0.2) is 4.99 Å². The second-order valence-electron chi connectivity index (χ2n) is 6.35. The highest BCUT2D eigenvalue weighted by atomic mass is 127. The standard InChI is InChI=1S/C15H28N4OS.HI/c16-14(18-5-2-1-3-6-18)17-12-15(4-11-21-13-15)19-7-9-20-10-8-19;/h1-13H2,(H2,16,17);1H. The normalized spacial score (nSPS) is 31.1. The molecule has 3 heterocycles. The molecule has 3 aliphatic heterocycles. The number of aliphatic imine (C=N–C) groups is 1. The first-order valence-electron chi connectivity index (χ1n) is 8.26. The molecule has 3 aliphatic rings. The highest BCUT2D eigenvalue weighted by molar-refractivity contribution is 14.0. The molecule has 0 amide bonds. The summed E-state index contributed by atoms with van der Waals surface area (Å²) < 4.78 is 5.51. The van der Waals surface area contributed by atoms with Crippen molar-refractivity contribution in [2.75, 3.05) is 57.4 Å². The minimum Gasteiger partial charge on any atom is -0.379 e. The Kier molecular flexibility index (Phi) is 7.56. The highest BCUT2D eigenvalue weighted by Gasteiger charge is 2.40. The summed E-state index contributed by atoms with van der Waals surface area (Å²) in [4.78, 5) is 9.66. The maximum atomic E-state index is 6.24. The maximum Gasteiger partial charge on any atom is 0.191 e. The molecule has 7 heteroatoms. The first-order chi connectivity index (χ1) is 10.3. The van der Waals surface area contributed by atoms with Gasteiger partial charge in [-0.05, 0) is 31.4 Å². The quantitative estimate of drug-likeness (QED) is 0.411. The van der Waals surface area contributed by atoms with Crippen LogP contribution in [-0.4, -0.2) is 78.7 Å². The summed E-state index contributed by atoms with van der Waals surface area (Å²) in [6, 6.07) is 0. The van der Waals surface area contributed by atoms with Crippen molar-refractivity contribution >= 4 is 41.7 Å². The molecule has 0 spiro atoms. The molecule has 0 bridgehead atoms. The van der Waals surface area contributed by atoms with Crippen molar-refractivity contribution in [2.24, 2.45) is 10.7 Å². The third kappa shape index (κ3) is 4.42. The third-order valence-electron chi connectivity index (χ3n) is 4.98. The average molecular weight is 440 g/mol. The third-order valence-corrected chi connectivity index (χ3v) is 6.21. The van der Waals surface area contributed by atoms with Crippen molar-refractivity contribution in [3.63, 3.8) is 0 Å². The zero-order valence-electron chi connectivity index (χ0n) is 13.3. The SMILES string of the molecule is I.NC(=NCC1(N2CCOCC2)CCSC1)N1CCCCC1. The minimum atomic E-state index is 0. The Morgan fingerprint density at radius 2 is 1.86 bits per heavy atom. The predicted octanol–water partition coefficient (Wildman–Crippen LogP) is 1.61. The van der Waals surface area contributed by atoms with Gasteiger partial charge in [-0.2, -0.15) is 11.8 Å². The molecule has 1 atom stereocenters. The molecule has 3 saturated heterocycles. The summed E-state index contributed by atoms with van der Waals surface area (Å²) in [5, 5.41) is 0. The predicted molar refractivity (Wildman–Crippen MR) is 104 cm³/mol. The summed E-state index contributed by atoms with van der Waals surface area (Å²) >= 11 is 2.06. The van der Waals surface area contributed by atoms with Crippen LogP contribution in [0.5, 0.6) is 0 Å². The molecule has 5 nitrogen and oxygen atoms in total. The number of ether oxygens (including phenoxy) is 1. The molecule has 3 rings (SSSR count). The number of halogens is 1. The second-order valence-corrected chi connectivity index (χ2v) is 7.45. The molecular formula is C15H29IN4OS. The fourth-order valence-corrected chi connectivity index (χ4v) is 5.03. The molecule has 22 heavy (non-hydrogen) atoms. The number of rotatable bonds is 3. The summed E-state index contributed by atoms with van der Waals surface area (Å²) in [6.07, 6.45) is 5.06. The lowest BCUT2D eigenvalue weighted by Gasteiger charge is -2.42. The van der Waals surface area contributed by atoms with Crippen molar-refractivity contribution in [1.29, 1.82) is 0 Å². The van der Waals surface area contributed by atoms with E-state index < -0.39 is 0 Å². The molecule has 0 aliphatic carbocycles. The molecule has 0 aromatic rings. The Morgan fingerprint density at radius 1 is 1.14 bits per heavy atom. The smallest absolute Gasteiger partial charge is 0.191 e. The first kappa shape index (κ1) is 18.6. The summed E-state index contributed by atoms with van der Waals surface area (Å²) in [5.41, 5.74) is 6.46. The minimum absolute atomic E-state index is 0. The van der Waals surface area contributed by atoms with E-state index in [1.54, 1.807) is 0 Å². The molecule has 0 aromatic carbocycles. The van der Waals surface area contributed by atoms with Crippen molar-refractivity contribution < 1.29 is 4.74 Å². The van der Waals surface area contributed by atoms with Crippen LogP contribution in [0.2, 0.25) is 0 Å². The molecule has 0 radical (unpaired) electrons. The van der Waals surface area contributed by atoms with E-state index in [2.05, 4.69) is 21.6 Å². The number of guanidine groups is 1. The van der Waals surface area contributed by atoms with E-state index in [1.165, 1.54) is 37.2 Å². The topological polar surface area (TPSA) is 54.1 Å². The Labute approximate surface area is 155 Å². The fraction of sp³-hybridized carbons (Fsp3) is 0.933. The molecule has 1 unspecified atom stereocenters. The Balaban J connectivity index is 0.00000176. The monoisotopic (exact) mass is 440 g/mol. The maximum absolute atomic E-state index is 6.24. The van der Waals surface area contributed by atoms with Crippen LogP contribution in [0.25, 0.3) is 0 Å². The van der Waals surface area contributed by atoms with Gasteiger partial charge in [0.1, 0.15) is 0 Å². The molecule has 2 N–H and O–H groups in total. The van der Waals surface area contributed by atoms with Crippen molar-refractivity contribution in [1.82, 2.24) is 9.80 Å². The van der Waals surface area contributed by atoms with Gasteiger partial charge in [0, 0.05) is 31.9 Å². The van der Waals surface area contributed by atoms with E-state index in [-0.39, 0.29) is 29.5 Å². The van der Waals surface area contributed by atoms with Crippen LogP contribution < -0.4 is 5.73 Å². The zero-order chi connectivity index (χ0) is 14.5. The molecule has 0 saturated carbocycles. The lowest BCUT2D eigenvalue weighted by atomic mass is 9.96. The Hall–Kier alpha value is 0.270. The average Bonchev–Trinajstić information content (AvgIpc) is 3.04. The van der Waals surface area contributed by atoms with E-state index in [9.17, 15) is 0 Å². The lowest BCUT2D eigenvalue weighted by Crippen LogP contribution is -2.56. The van der Waals surface area contributed by atoms with Gasteiger partial charge < -0.3 is 15.4 Å². The van der Waals surface area contributed by atoms with Crippen LogP contribution in [0.4, 0.5) is 0 Å². The summed E-state index contributed by atoms with van der Waals surface area (Å²) in [5.74, 6) is 3.19. The van der Waals surface area contributed by atoms with E-state index in [0.717, 1.165) is 51.9 Å². The van der Waals surface area contributed by atoms with Gasteiger partial charge in [0.2, 0.25) is 0 Å². The fourth-order valence-electron chi connectivity index (χ4n) is 3.56. The van der Waals surface area contributed by atoms with Crippen LogP contribution >= 0.6 is 35.7 Å². The van der Waals surface area contributed by atoms with Gasteiger partial charge in [0.25, 0.3) is 0 Å². The number of hydrogen-bond acceptors (Lipinski definition) is 4. The van der Waals surface area contributed by atoms with Crippen LogP contribution in [0.3, 0.4) is 0 Å². The molecule has 0 aromatic heterocycles. The lowest BCUT2D eigenvalue weighted by molar-refractivity contribution is -0.0105. The number of morpholine rings is 1. The first-order valence-corrected chi connectivity index (χ1v) is 9.41. The number of nitrogens with two attached hydrogens (primary N) is 1. The van der Waals surface area contributed by atoms with E-state index >= 15 is 0 Å². The largest absolute Gasteiger partial charge is 0.379 e. The Bertz CT molecular complexity index is 365. The Morgan fingerprint density at radius 3 is 2.50 bits per heavy atom. The highest BCUT2D eigenvalue weighted by Crippen LogP contribution is 2.34. The molecule has 128 valence electrons. The zero-order valence-corrected chi connectivity index (χ0v) is 16.5.